The maximum absolute atomic E-state index is 12.7. The fourth-order valence-corrected chi connectivity index (χ4v) is 3.52. The SMILES string of the molecule is CCC[C@H](C)NC(=O)c1sc(-c2ccco2)nc1-c1ccccc1. The van der Waals surface area contributed by atoms with Crippen molar-refractivity contribution in [3.63, 3.8) is 0 Å². The van der Waals surface area contributed by atoms with Crippen LogP contribution in [-0.2, 0) is 0 Å². The fourth-order valence-electron chi connectivity index (χ4n) is 2.57. The molecule has 124 valence electrons. The van der Waals surface area contributed by atoms with E-state index in [9.17, 15) is 4.79 Å². The van der Waals surface area contributed by atoms with Gasteiger partial charge >= 0.3 is 0 Å². The minimum atomic E-state index is -0.0786. The molecule has 1 aromatic carbocycles. The van der Waals surface area contributed by atoms with E-state index in [0.717, 1.165) is 18.4 Å². The first-order chi connectivity index (χ1) is 11.7. The van der Waals surface area contributed by atoms with Gasteiger partial charge in [-0.2, -0.15) is 0 Å². The van der Waals surface area contributed by atoms with E-state index in [2.05, 4.69) is 17.2 Å². The van der Waals surface area contributed by atoms with E-state index in [-0.39, 0.29) is 11.9 Å². The number of carbonyl (C=O) groups excluding carboxylic acids is 1. The van der Waals surface area contributed by atoms with Crippen molar-refractivity contribution < 1.29 is 9.21 Å². The topological polar surface area (TPSA) is 55.1 Å². The third-order valence-electron chi connectivity index (χ3n) is 3.71. The summed E-state index contributed by atoms with van der Waals surface area (Å²) in [5.74, 6) is 0.600. The van der Waals surface area contributed by atoms with Gasteiger partial charge in [-0.15, -0.1) is 11.3 Å². The van der Waals surface area contributed by atoms with Gasteiger partial charge in [-0.3, -0.25) is 4.79 Å². The number of nitrogens with one attached hydrogen (secondary N) is 1. The number of rotatable bonds is 6. The van der Waals surface area contributed by atoms with Crippen LogP contribution in [0.5, 0.6) is 0 Å². The Balaban J connectivity index is 1.98. The maximum Gasteiger partial charge on any atom is 0.263 e. The van der Waals surface area contributed by atoms with Gasteiger partial charge in [-0.25, -0.2) is 4.98 Å². The second kappa shape index (κ2) is 7.45. The van der Waals surface area contributed by atoms with E-state index in [1.165, 1.54) is 11.3 Å². The van der Waals surface area contributed by atoms with Gasteiger partial charge in [0.15, 0.2) is 10.8 Å². The molecule has 3 aromatic rings. The van der Waals surface area contributed by atoms with Gasteiger partial charge in [-0.05, 0) is 25.5 Å². The van der Waals surface area contributed by atoms with Crippen molar-refractivity contribution in [1.82, 2.24) is 10.3 Å². The largest absolute Gasteiger partial charge is 0.462 e. The molecule has 5 heteroatoms. The van der Waals surface area contributed by atoms with Crippen molar-refractivity contribution in [3.8, 4) is 22.0 Å². The van der Waals surface area contributed by atoms with Crippen LogP contribution in [0.1, 0.15) is 36.4 Å². The summed E-state index contributed by atoms with van der Waals surface area (Å²) < 4.78 is 5.44. The average molecular weight is 340 g/mol. The summed E-state index contributed by atoms with van der Waals surface area (Å²) in [6.45, 7) is 4.14. The Labute approximate surface area is 145 Å². The predicted molar refractivity (Wildman–Crippen MR) is 97.1 cm³/mol. The third kappa shape index (κ3) is 3.57. The molecule has 1 amide bonds. The summed E-state index contributed by atoms with van der Waals surface area (Å²) >= 11 is 1.36. The molecule has 3 rings (SSSR count). The van der Waals surface area contributed by atoms with Gasteiger partial charge in [-0.1, -0.05) is 43.7 Å². The number of nitrogens with zero attached hydrogens (tertiary/aromatic N) is 1. The first-order valence-electron chi connectivity index (χ1n) is 8.10. The van der Waals surface area contributed by atoms with Gasteiger partial charge in [0.2, 0.25) is 0 Å². The zero-order chi connectivity index (χ0) is 16.9. The van der Waals surface area contributed by atoms with Gasteiger partial charge in [0, 0.05) is 11.6 Å². The third-order valence-corrected chi connectivity index (χ3v) is 4.78. The summed E-state index contributed by atoms with van der Waals surface area (Å²) in [6, 6.07) is 13.6. The quantitative estimate of drug-likeness (QED) is 0.688. The van der Waals surface area contributed by atoms with Crippen LogP contribution in [0.2, 0.25) is 0 Å². The molecule has 0 spiro atoms. The summed E-state index contributed by atoms with van der Waals surface area (Å²) in [5.41, 5.74) is 1.63. The predicted octanol–water partition coefficient (Wildman–Crippen LogP) is 4.99. The number of thiazole rings is 1. The van der Waals surface area contributed by atoms with Crippen molar-refractivity contribution in [2.45, 2.75) is 32.7 Å². The van der Waals surface area contributed by atoms with Crippen LogP contribution < -0.4 is 5.32 Å². The molecule has 0 aliphatic carbocycles. The molecular weight excluding hydrogens is 320 g/mol. The molecule has 0 aliphatic heterocycles. The van der Waals surface area contributed by atoms with E-state index >= 15 is 0 Å². The number of carbonyl (C=O) groups is 1. The molecule has 2 heterocycles. The van der Waals surface area contributed by atoms with E-state index < -0.39 is 0 Å². The van der Waals surface area contributed by atoms with Crippen LogP contribution in [0.25, 0.3) is 22.0 Å². The van der Waals surface area contributed by atoms with E-state index in [1.807, 2.05) is 49.4 Å². The lowest BCUT2D eigenvalue weighted by molar-refractivity contribution is 0.0943. The molecule has 0 saturated carbocycles. The van der Waals surface area contributed by atoms with Crippen LogP contribution in [0.3, 0.4) is 0 Å². The molecule has 0 bridgehead atoms. The number of benzene rings is 1. The first kappa shape index (κ1) is 16.5. The molecule has 2 aromatic heterocycles. The number of furan rings is 1. The van der Waals surface area contributed by atoms with Crippen LogP contribution in [-0.4, -0.2) is 16.9 Å². The first-order valence-corrected chi connectivity index (χ1v) is 8.91. The lowest BCUT2D eigenvalue weighted by atomic mass is 10.1. The van der Waals surface area contributed by atoms with Crippen LogP contribution >= 0.6 is 11.3 Å². The molecule has 1 atom stereocenters. The standard InChI is InChI=1S/C19H20N2O2S/c1-3-8-13(2)20-18(22)17-16(14-9-5-4-6-10-14)21-19(24-17)15-11-7-12-23-15/h4-7,9-13H,3,8H2,1-2H3,(H,20,22)/t13-/m0/s1. The normalized spacial score (nSPS) is 12.1. The van der Waals surface area contributed by atoms with Gasteiger partial charge in [0.25, 0.3) is 5.91 Å². The second-order valence-electron chi connectivity index (χ2n) is 5.70. The number of hydrogen-bond acceptors (Lipinski definition) is 4. The van der Waals surface area contributed by atoms with E-state index in [4.69, 9.17) is 4.42 Å². The van der Waals surface area contributed by atoms with Crippen molar-refractivity contribution in [3.05, 3.63) is 53.6 Å². The summed E-state index contributed by atoms with van der Waals surface area (Å²) in [7, 11) is 0. The van der Waals surface area contributed by atoms with E-state index in [1.54, 1.807) is 6.26 Å². The Kier molecular flexibility index (Phi) is 5.11. The van der Waals surface area contributed by atoms with E-state index in [0.29, 0.717) is 21.3 Å². The van der Waals surface area contributed by atoms with Gasteiger partial charge < -0.3 is 9.73 Å². The van der Waals surface area contributed by atoms with Gasteiger partial charge in [0.05, 0.1) is 12.0 Å². The highest BCUT2D eigenvalue weighted by atomic mass is 32.1. The molecule has 1 N–H and O–H groups in total. The zero-order valence-electron chi connectivity index (χ0n) is 13.8. The summed E-state index contributed by atoms with van der Waals surface area (Å²) in [5, 5.41) is 3.78. The molecule has 0 unspecified atom stereocenters. The zero-order valence-corrected chi connectivity index (χ0v) is 14.6. The molecule has 4 nitrogen and oxygen atoms in total. The highest BCUT2D eigenvalue weighted by Gasteiger charge is 2.22. The molecular formula is C19H20N2O2S. The highest BCUT2D eigenvalue weighted by molar-refractivity contribution is 7.17. The molecule has 0 radical (unpaired) electrons. The fraction of sp³-hybridized carbons (Fsp3) is 0.263. The number of aromatic nitrogens is 1. The number of hydrogen-bond donors (Lipinski definition) is 1. The smallest absolute Gasteiger partial charge is 0.263 e. The van der Waals surface area contributed by atoms with Crippen LogP contribution in [0, 0.1) is 0 Å². The molecule has 0 fully saturated rings. The van der Waals surface area contributed by atoms with Crippen molar-refractivity contribution in [2.24, 2.45) is 0 Å². The lowest BCUT2D eigenvalue weighted by Crippen LogP contribution is -2.32. The molecule has 24 heavy (non-hydrogen) atoms. The summed E-state index contributed by atoms with van der Waals surface area (Å²) in [6.07, 6.45) is 3.60. The van der Waals surface area contributed by atoms with Crippen molar-refractivity contribution >= 4 is 17.2 Å². The Bertz CT molecular complexity index is 794. The Morgan fingerprint density at radius 1 is 1.25 bits per heavy atom. The summed E-state index contributed by atoms with van der Waals surface area (Å²) in [4.78, 5) is 18.0. The minimum absolute atomic E-state index is 0.0786. The number of amides is 1. The van der Waals surface area contributed by atoms with Crippen molar-refractivity contribution in [2.75, 3.05) is 0 Å². The second-order valence-corrected chi connectivity index (χ2v) is 6.70. The monoisotopic (exact) mass is 340 g/mol. The lowest BCUT2D eigenvalue weighted by Gasteiger charge is -2.12. The Morgan fingerprint density at radius 3 is 2.71 bits per heavy atom. The van der Waals surface area contributed by atoms with Crippen LogP contribution in [0.15, 0.2) is 53.1 Å². The Morgan fingerprint density at radius 2 is 2.04 bits per heavy atom. The molecule has 0 saturated heterocycles. The van der Waals surface area contributed by atoms with Crippen molar-refractivity contribution in [1.29, 1.82) is 0 Å². The van der Waals surface area contributed by atoms with Gasteiger partial charge in [0.1, 0.15) is 4.88 Å². The molecule has 0 aliphatic rings. The maximum atomic E-state index is 12.7. The Hall–Kier alpha value is -2.40. The minimum Gasteiger partial charge on any atom is -0.462 e. The highest BCUT2D eigenvalue weighted by Crippen LogP contribution is 2.34. The van der Waals surface area contributed by atoms with Crippen LogP contribution in [0.4, 0.5) is 0 Å². The average Bonchev–Trinajstić information content (AvgIpc) is 3.25.